The van der Waals surface area contributed by atoms with Crippen LogP contribution in [0, 0.1) is 0 Å². The molecule has 86 valence electrons. The van der Waals surface area contributed by atoms with Gasteiger partial charge in [-0.3, -0.25) is 0 Å². The van der Waals surface area contributed by atoms with E-state index in [1.54, 1.807) is 0 Å². The van der Waals surface area contributed by atoms with Gasteiger partial charge in [-0.2, -0.15) is 0 Å². The second-order valence-electron chi connectivity index (χ2n) is 3.60. The molecule has 2 aromatic carbocycles. The lowest BCUT2D eigenvalue weighted by Crippen LogP contribution is -1.74. The van der Waals surface area contributed by atoms with Crippen molar-refractivity contribution in [3.05, 3.63) is 42.2 Å². The highest BCUT2D eigenvalue weighted by Crippen LogP contribution is 2.42. The van der Waals surface area contributed by atoms with E-state index in [4.69, 9.17) is 4.42 Å². The van der Waals surface area contributed by atoms with Crippen molar-refractivity contribution in [3.8, 4) is 0 Å². The second kappa shape index (κ2) is 4.37. The largest absolute Gasteiger partial charge is 0.455 e. The molecule has 0 amide bonds. The third kappa shape index (κ3) is 1.91. The van der Waals surface area contributed by atoms with E-state index in [2.05, 4.69) is 69.8 Å². The Hall–Kier alpha value is 0.160. The molecule has 0 N–H and O–H groups in total. The van der Waals surface area contributed by atoms with E-state index in [0.29, 0.717) is 0 Å². The summed E-state index contributed by atoms with van der Waals surface area (Å²) in [5.74, 6) is 0. The van der Waals surface area contributed by atoms with Crippen LogP contribution in [-0.2, 0) is 0 Å². The number of benzene rings is 2. The quantitative estimate of drug-likeness (QED) is 0.327. The van der Waals surface area contributed by atoms with E-state index in [-0.39, 0.29) is 0 Å². The molecular weight excluding hydrogens is 480 g/mol. The number of furan rings is 1. The van der Waals surface area contributed by atoms with Crippen LogP contribution in [0.4, 0.5) is 0 Å². The van der Waals surface area contributed by atoms with Gasteiger partial charge in [0.1, 0.15) is 5.58 Å². The minimum atomic E-state index is 0.847. The first kappa shape index (κ1) is 12.2. The molecule has 0 radical (unpaired) electrons. The fourth-order valence-corrected chi connectivity index (χ4v) is 3.89. The van der Waals surface area contributed by atoms with Gasteiger partial charge in [0.25, 0.3) is 0 Å². The van der Waals surface area contributed by atoms with Crippen molar-refractivity contribution in [3.63, 3.8) is 0 Å². The zero-order valence-electron chi connectivity index (χ0n) is 8.23. The lowest BCUT2D eigenvalue weighted by atomic mass is 10.1. The number of fused-ring (bicyclic) bond motifs is 3. The predicted molar refractivity (Wildman–Crippen MR) is 84.5 cm³/mol. The molecule has 0 saturated heterocycles. The molecule has 17 heavy (non-hydrogen) atoms. The van der Waals surface area contributed by atoms with Crippen LogP contribution in [0.1, 0.15) is 0 Å². The fourth-order valence-electron chi connectivity index (χ4n) is 1.82. The summed E-state index contributed by atoms with van der Waals surface area (Å²) in [7, 11) is 0. The Morgan fingerprint density at radius 3 is 2.41 bits per heavy atom. The summed E-state index contributed by atoms with van der Waals surface area (Å²) in [6, 6.07) is 8.06. The molecule has 0 saturated carbocycles. The van der Waals surface area contributed by atoms with E-state index in [0.717, 1.165) is 39.8 Å². The van der Waals surface area contributed by atoms with E-state index in [1.807, 2.05) is 18.2 Å². The van der Waals surface area contributed by atoms with Gasteiger partial charge < -0.3 is 4.42 Å². The molecule has 5 heteroatoms. The first-order valence-corrected chi connectivity index (χ1v) is 7.90. The molecule has 0 spiro atoms. The normalized spacial score (nSPS) is 11.5. The van der Waals surface area contributed by atoms with Crippen LogP contribution < -0.4 is 0 Å². The molecule has 3 rings (SSSR count). The highest BCUT2D eigenvalue weighted by atomic mass is 79.9. The van der Waals surface area contributed by atoms with Crippen molar-refractivity contribution in [1.29, 1.82) is 0 Å². The van der Waals surface area contributed by atoms with Gasteiger partial charge in [0.15, 0.2) is 5.58 Å². The lowest BCUT2D eigenvalue weighted by Gasteiger charge is -1.99. The van der Waals surface area contributed by atoms with Gasteiger partial charge >= 0.3 is 0 Å². The Bertz CT molecular complexity index is 745. The molecule has 0 atom stereocenters. The van der Waals surface area contributed by atoms with Gasteiger partial charge in [-0.05, 0) is 72.1 Å². The van der Waals surface area contributed by atoms with E-state index in [9.17, 15) is 0 Å². The van der Waals surface area contributed by atoms with Crippen molar-refractivity contribution in [2.45, 2.75) is 0 Å². The standard InChI is InChI=1S/C12H4Br4O/c13-5-1-2-6-9(3-5)17-12-10(6)7(14)4-8(15)11(12)16/h1-4H. The monoisotopic (exact) mass is 480 g/mol. The van der Waals surface area contributed by atoms with Gasteiger partial charge in [-0.1, -0.05) is 15.9 Å². The minimum absolute atomic E-state index is 0.847. The summed E-state index contributed by atoms with van der Waals surface area (Å²) < 4.78 is 9.82. The van der Waals surface area contributed by atoms with Crippen molar-refractivity contribution >= 4 is 85.7 Å². The third-order valence-corrected chi connectivity index (χ3v) is 5.62. The number of hydrogen-bond acceptors (Lipinski definition) is 1. The van der Waals surface area contributed by atoms with Gasteiger partial charge in [-0.15, -0.1) is 0 Å². The Morgan fingerprint density at radius 2 is 1.65 bits per heavy atom. The minimum Gasteiger partial charge on any atom is -0.455 e. The topological polar surface area (TPSA) is 13.1 Å². The van der Waals surface area contributed by atoms with Gasteiger partial charge in [0.2, 0.25) is 0 Å². The van der Waals surface area contributed by atoms with Gasteiger partial charge in [-0.25, -0.2) is 0 Å². The van der Waals surface area contributed by atoms with Crippen LogP contribution in [0.3, 0.4) is 0 Å². The van der Waals surface area contributed by atoms with E-state index >= 15 is 0 Å². The molecule has 0 bridgehead atoms. The Kier molecular flexibility index (Phi) is 3.14. The summed E-state index contributed by atoms with van der Waals surface area (Å²) in [6.45, 7) is 0. The Morgan fingerprint density at radius 1 is 0.882 bits per heavy atom. The van der Waals surface area contributed by atoms with E-state index < -0.39 is 0 Å². The third-order valence-electron chi connectivity index (χ3n) is 2.55. The van der Waals surface area contributed by atoms with E-state index in [1.165, 1.54) is 0 Å². The summed E-state index contributed by atoms with van der Waals surface area (Å²) in [5.41, 5.74) is 1.72. The van der Waals surface area contributed by atoms with Crippen LogP contribution in [0.15, 0.2) is 46.6 Å². The van der Waals surface area contributed by atoms with Crippen LogP contribution >= 0.6 is 63.7 Å². The first-order chi connectivity index (χ1) is 8.08. The molecular formula is C12H4Br4O. The van der Waals surface area contributed by atoms with Crippen molar-refractivity contribution in [1.82, 2.24) is 0 Å². The summed E-state index contributed by atoms with van der Waals surface area (Å²) in [5, 5.41) is 2.19. The van der Waals surface area contributed by atoms with Crippen LogP contribution in [0.5, 0.6) is 0 Å². The van der Waals surface area contributed by atoms with Gasteiger partial charge in [0, 0.05) is 24.2 Å². The average molecular weight is 484 g/mol. The van der Waals surface area contributed by atoms with Crippen molar-refractivity contribution in [2.24, 2.45) is 0 Å². The molecule has 0 unspecified atom stereocenters. The first-order valence-electron chi connectivity index (χ1n) is 4.73. The molecule has 1 aromatic heterocycles. The van der Waals surface area contributed by atoms with Crippen LogP contribution in [0.25, 0.3) is 21.9 Å². The number of hydrogen-bond donors (Lipinski definition) is 0. The molecule has 3 aromatic rings. The molecule has 0 aliphatic carbocycles. The average Bonchev–Trinajstić information content (AvgIpc) is 2.64. The second-order valence-corrected chi connectivity index (χ2v) is 7.02. The van der Waals surface area contributed by atoms with Crippen molar-refractivity contribution in [2.75, 3.05) is 0 Å². The maximum Gasteiger partial charge on any atom is 0.151 e. The molecule has 0 fully saturated rings. The summed E-state index contributed by atoms with van der Waals surface area (Å²) in [6.07, 6.45) is 0. The predicted octanol–water partition coefficient (Wildman–Crippen LogP) is 6.64. The van der Waals surface area contributed by atoms with Crippen molar-refractivity contribution < 1.29 is 4.42 Å². The highest BCUT2D eigenvalue weighted by molar-refractivity contribution is 9.13. The zero-order valence-corrected chi connectivity index (χ0v) is 14.6. The Labute approximate surface area is 131 Å². The SMILES string of the molecule is Brc1ccc2c(c1)oc1c(Br)c(Br)cc(Br)c12. The molecule has 0 aliphatic rings. The van der Waals surface area contributed by atoms with Gasteiger partial charge in [0.05, 0.1) is 4.47 Å². The molecule has 0 aliphatic heterocycles. The van der Waals surface area contributed by atoms with Crippen LogP contribution in [0.2, 0.25) is 0 Å². The summed E-state index contributed by atoms with van der Waals surface area (Å²) >= 11 is 14.1. The zero-order chi connectivity index (χ0) is 12.2. The smallest absolute Gasteiger partial charge is 0.151 e. The maximum atomic E-state index is 5.89. The lowest BCUT2D eigenvalue weighted by molar-refractivity contribution is 0.666. The Balaban J connectivity index is 2.60. The highest BCUT2D eigenvalue weighted by Gasteiger charge is 2.15. The fraction of sp³-hybridized carbons (Fsp3) is 0. The number of rotatable bonds is 0. The summed E-state index contributed by atoms with van der Waals surface area (Å²) in [4.78, 5) is 0. The maximum absolute atomic E-state index is 5.89. The molecule has 1 heterocycles. The molecule has 1 nitrogen and oxygen atoms in total. The van der Waals surface area contributed by atoms with Crippen LogP contribution in [-0.4, -0.2) is 0 Å². The number of halogens is 4.